The predicted octanol–water partition coefficient (Wildman–Crippen LogP) is 5.36. The van der Waals surface area contributed by atoms with Crippen molar-refractivity contribution in [3.05, 3.63) is 29.8 Å². The average molecular weight is 410 g/mol. The molecule has 0 heterocycles. The number of hydrogen-bond acceptors (Lipinski definition) is 2. The molecule has 0 aromatic heterocycles. The zero-order valence-electron chi connectivity index (χ0n) is 16.5. The van der Waals surface area contributed by atoms with Gasteiger partial charge in [-0.3, -0.25) is 0 Å². The Balaban J connectivity index is 2.80. The molecule has 8 heteroatoms. The number of halogens is 3. The molecule has 0 fully saturated rings. The molecule has 1 aromatic rings. The Bertz CT molecular complexity index is 610. The highest BCUT2D eigenvalue weighted by molar-refractivity contribution is 7.83. The van der Waals surface area contributed by atoms with Crippen LogP contribution in [0.5, 0.6) is 0 Å². The minimum absolute atomic E-state index is 0.0705. The van der Waals surface area contributed by atoms with Gasteiger partial charge in [0.05, 0.1) is 17.1 Å². The summed E-state index contributed by atoms with van der Waals surface area (Å²) in [5.41, 5.74) is -0.750. The first-order valence-corrected chi connectivity index (χ1v) is 12.7. The lowest BCUT2D eigenvalue weighted by Crippen LogP contribution is -2.47. The molecule has 0 saturated heterocycles. The molecule has 1 aromatic carbocycles. The summed E-state index contributed by atoms with van der Waals surface area (Å²) in [5, 5.41) is 0.0705. The van der Waals surface area contributed by atoms with Crippen molar-refractivity contribution in [1.29, 1.82) is 0 Å². The molecule has 0 spiro atoms. The smallest absolute Gasteiger partial charge is 0.415 e. The molecule has 0 bridgehead atoms. The van der Waals surface area contributed by atoms with Crippen LogP contribution in [0.3, 0.4) is 0 Å². The lowest BCUT2D eigenvalue weighted by Gasteiger charge is -2.37. The van der Waals surface area contributed by atoms with Gasteiger partial charge >= 0.3 is 6.18 Å². The van der Waals surface area contributed by atoms with Crippen LogP contribution < -0.4 is 4.72 Å². The van der Waals surface area contributed by atoms with E-state index in [-0.39, 0.29) is 17.0 Å². The fourth-order valence-electron chi connectivity index (χ4n) is 1.85. The number of rotatable bonds is 7. The minimum atomic E-state index is -4.40. The van der Waals surface area contributed by atoms with E-state index in [0.29, 0.717) is 11.5 Å². The molecular formula is C18H30F3NO2SSi. The maximum absolute atomic E-state index is 12.6. The number of nitrogens with one attached hydrogen (secondary N) is 1. The fourth-order valence-corrected chi connectivity index (χ4v) is 4.01. The van der Waals surface area contributed by atoms with Crippen molar-refractivity contribution in [1.82, 2.24) is 4.72 Å². The normalized spacial score (nSPS) is 16.0. The summed E-state index contributed by atoms with van der Waals surface area (Å²) in [6.07, 6.45) is -4.40. The lowest BCUT2D eigenvalue weighted by atomic mass is 10.1. The van der Waals surface area contributed by atoms with E-state index in [4.69, 9.17) is 4.43 Å². The molecule has 0 amide bonds. The van der Waals surface area contributed by atoms with Crippen LogP contribution in [-0.2, 0) is 21.6 Å². The monoisotopic (exact) mass is 409 g/mol. The molecule has 3 nitrogen and oxygen atoms in total. The van der Waals surface area contributed by atoms with Gasteiger partial charge in [0.2, 0.25) is 0 Å². The van der Waals surface area contributed by atoms with E-state index < -0.39 is 31.0 Å². The number of hydrogen-bond donors (Lipinski definition) is 1. The number of benzene rings is 1. The predicted molar refractivity (Wildman–Crippen MR) is 103 cm³/mol. The highest BCUT2D eigenvalue weighted by atomic mass is 32.2. The van der Waals surface area contributed by atoms with Crippen LogP contribution in [0.2, 0.25) is 18.1 Å². The van der Waals surface area contributed by atoms with Gasteiger partial charge in [0.1, 0.15) is 11.0 Å². The Morgan fingerprint density at radius 1 is 1.12 bits per heavy atom. The highest BCUT2D eigenvalue weighted by Gasteiger charge is 2.38. The number of alkyl halides is 3. The molecule has 0 aliphatic rings. The summed E-state index contributed by atoms with van der Waals surface area (Å²) in [6.45, 7) is 15.2. The van der Waals surface area contributed by atoms with Crippen molar-refractivity contribution in [2.75, 3.05) is 6.61 Å². The van der Waals surface area contributed by atoms with Gasteiger partial charge in [-0.25, -0.2) is 8.93 Å². The molecule has 0 aliphatic carbocycles. The van der Waals surface area contributed by atoms with Gasteiger partial charge in [0, 0.05) is 6.04 Å². The molecule has 26 heavy (non-hydrogen) atoms. The maximum Gasteiger partial charge on any atom is 0.416 e. The van der Waals surface area contributed by atoms with Crippen LogP contribution in [0.4, 0.5) is 13.2 Å². The largest absolute Gasteiger partial charge is 0.416 e. The first-order valence-electron chi connectivity index (χ1n) is 8.64. The third kappa shape index (κ3) is 6.47. The molecule has 1 rings (SSSR count). The van der Waals surface area contributed by atoms with Crippen LogP contribution in [-0.4, -0.2) is 25.2 Å². The summed E-state index contributed by atoms with van der Waals surface area (Å²) in [6, 6.07) is 4.24. The highest BCUT2D eigenvalue weighted by Crippen LogP contribution is 2.36. The third-order valence-corrected chi connectivity index (χ3v) is 10.6. The molecule has 1 N–H and O–H groups in total. The first kappa shape index (κ1) is 23.3. The van der Waals surface area contributed by atoms with E-state index >= 15 is 0 Å². The fraction of sp³-hybridized carbons (Fsp3) is 0.667. The Kier molecular flexibility index (Phi) is 7.66. The SMILES string of the molecule is CC(C)[C@H](CO[Si](C)(C)C(C)(C)C)NS(=O)c1ccc(C(F)(F)F)cc1. The average Bonchev–Trinajstić information content (AvgIpc) is 2.49. The van der Waals surface area contributed by atoms with E-state index in [1.807, 2.05) is 13.8 Å². The minimum Gasteiger partial charge on any atom is -0.415 e. The summed E-state index contributed by atoms with van der Waals surface area (Å²) in [5.74, 6) is 0.165. The quantitative estimate of drug-likeness (QED) is 0.615. The van der Waals surface area contributed by atoms with Gasteiger partial charge in [-0.05, 0) is 48.3 Å². The molecule has 2 atom stereocenters. The zero-order valence-corrected chi connectivity index (χ0v) is 18.3. The molecule has 0 radical (unpaired) electrons. The van der Waals surface area contributed by atoms with Crippen LogP contribution in [0.1, 0.15) is 40.2 Å². The van der Waals surface area contributed by atoms with Crippen LogP contribution in [0, 0.1) is 5.92 Å². The standard InChI is InChI=1S/C18H30F3NO2SSi/c1-13(2)16(12-24-26(6,7)17(3,4)5)22-25(23)15-10-8-14(9-11-15)18(19,20)21/h8-11,13,16,22H,12H2,1-7H3/t16-,25?/m0/s1. The van der Waals surface area contributed by atoms with Crippen LogP contribution in [0.15, 0.2) is 29.2 Å². The van der Waals surface area contributed by atoms with Crippen LogP contribution >= 0.6 is 0 Å². The molecule has 1 unspecified atom stereocenters. The Labute approximate surface area is 158 Å². The molecular weight excluding hydrogens is 379 g/mol. The summed E-state index contributed by atoms with van der Waals surface area (Å²) in [7, 11) is -3.54. The van der Waals surface area contributed by atoms with Gasteiger partial charge in [-0.1, -0.05) is 34.6 Å². The summed E-state index contributed by atoms with van der Waals surface area (Å²) in [4.78, 5) is 0.316. The maximum atomic E-state index is 12.6. The van der Waals surface area contributed by atoms with Crippen LogP contribution in [0.25, 0.3) is 0 Å². The molecule has 150 valence electrons. The summed E-state index contributed by atoms with van der Waals surface area (Å²) < 4.78 is 59.7. The van der Waals surface area contributed by atoms with Gasteiger partial charge in [-0.2, -0.15) is 13.2 Å². The van der Waals surface area contributed by atoms with Crippen molar-refractivity contribution in [2.24, 2.45) is 5.92 Å². The van der Waals surface area contributed by atoms with Crippen molar-refractivity contribution in [2.45, 2.75) is 69.9 Å². The van der Waals surface area contributed by atoms with Gasteiger partial charge < -0.3 is 4.43 Å². The van der Waals surface area contributed by atoms with Gasteiger partial charge in [-0.15, -0.1) is 0 Å². The third-order valence-electron chi connectivity index (χ3n) is 4.89. The van der Waals surface area contributed by atoms with E-state index in [1.54, 1.807) is 0 Å². The van der Waals surface area contributed by atoms with Crippen molar-refractivity contribution in [3.8, 4) is 0 Å². The second-order valence-electron chi connectivity index (χ2n) is 8.33. The van der Waals surface area contributed by atoms with E-state index in [9.17, 15) is 17.4 Å². The van der Waals surface area contributed by atoms with Crippen molar-refractivity contribution >= 4 is 19.3 Å². The molecule has 0 saturated carbocycles. The zero-order chi connectivity index (χ0) is 20.3. The topological polar surface area (TPSA) is 38.3 Å². The van der Waals surface area contributed by atoms with E-state index in [0.717, 1.165) is 12.1 Å². The van der Waals surface area contributed by atoms with E-state index in [2.05, 4.69) is 38.6 Å². The Morgan fingerprint density at radius 3 is 2.00 bits per heavy atom. The Hall–Kier alpha value is -0.703. The van der Waals surface area contributed by atoms with Crippen molar-refractivity contribution in [3.63, 3.8) is 0 Å². The first-order chi connectivity index (χ1) is 11.6. The van der Waals surface area contributed by atoms with E-state index in [1.165, 1.54) is 12.1 Å². The second kappa shape index (κ2) is 8.54. The second-order valence-corrected chi connectivity index (χ2v) is 14.4. The molecule has 0 aliphatic heterocycles. The Morgan fingerprint density at radius 2 is 1.62 bits per heavy atom. The summed E-state index contributed by atoms with van der Waals surface area (Å²) >= 11 is 0. The van der Waals surface area contributed by atoms with Crippen molar-refractivity contribution < 1.29 is 21.8 Å². The van der Waals surface area contributed by atoms with Gasteiger partial charge in [0.15, 0.2) is 8.32 Å². The van der Waals surface area contributed by atoms with Gasteiger partial charge in [0.25, 0.3) is 0 Å². The lowest BCUT2D eigenvalue weighted by molar-refractivity contribution is -0.137.